The van der Waals surface area contributed by atoms with Gasteiger partial charge < -0.3 is 4.74 Å². The van der Waals surface area contributed by atoms with E-state index in [1.54, 1.807) is 0 Å². The van der Waals surface area contributed by atoms with Crippen LogP contribution in [0.5, 0.6) is 0 Å². The van der Waals surface area contributed by atoms with Gasteiger partial charge in [-0.05, 0) is 18.6 Å². The lowest BCUT2D eigenvalue weighted by molar-refractivity contribution is 0.0497. The minimum atomic E-state index is -0.406. The van der Waals surface area contributed by atoms with E-state index in [1.807, 2.05) is 0 Å². The van der Waals surface area contributed by atoms with Gasteiger partial charge in [0.2, 0.25) is 0 Å². The van der Waals surface area contributed by atoms with Crippen molar-refractivity contribution in [1.29, 1.82) is 0 Å². The molecule has 0 bridgehead atoms. The van der Waals surface area contributed by atoms with Crippen LogP contribution in [-0.4, -0.2) is 17.6 Å². The molecule has 1 rings (SSSR count). The molecular formula is C13H17Cl2NO2. The Balaban J connectivity index is 2.32. The molecule has 3 nitrogen and oxygen atoms in total. The Bertz CT molecular complexity index is 376. The highest BCUT2D eigenvalue weighted by Crippen LogP contribution is 2.15. The van der Waals surface area contributed by atoms with Gasteiger partial charge in [-0.2, -0.15) is 0 Å². The lowest BCUT2D eigenvalue weighted by Gasteiger charge is -2.05. The predicted molar refractivity (Wildman–Crippen MR) is 73.3 cm³/mol. The fraction of sp³-hybridized carbons (Fsp3) is 0.538. The van der Waals surface area contributed by atoms with Crippen molar-refractivity contribution in [2.24, 2.45) is 0 Å². The van der Waals surface area contributed by atoms with Gasteiger partial charge in [0.15, 0.2) is 0 Å². The third-order valence-corrected chi connectivity index (χ3v) is 2.87. The molecule has 18 heavy (non-hydrogen) atoms. The molecule has 0 unspecified atom stereocenters. The van der Waals surface area contributed by atoms with E-state index in [0.717, 1.165) is 12.8 Å². The first kappa shape index (κ1) is 15.3. The maximum absolute atomic E-state index is 11.7. The number of rotatable bonds is 7. The lowest BCUT2D eigenvalue weighted by Crippen LogP contribution is -2.07. The van der Waals surface area contributed by atoms with Crippen molar-refractivity contribution in [3.63, 3.8) is 0 Å². The molecule has 0 fully saturated rings. The molecule has 1 aromatic heterocycles. The molecule has 0 saturated carbocycles. The van der Waals surface area contributed by atoms with Gasteiger partial charge in [0, 0.05) is 0 Å². The maximum atomic E-state index is 11.7. The van der Waals surface area contributed by atoms with Gasteiger partial charge in [-0.15, -0.1) is 0 Å². The summed E-state index contributed by atoms with van der Waals surface area (Å²) in [4.78, 5) is 15.4. The Kier molecular flexibility index (Phi) is 7.06. The predicted octanol–water partition coefficient (Wildman–Crippen LogP) is 4.52. The molecule has 0 atom stereocenters. The normalized spacial score (nSPS) is 10.4. The summed E-state index contributed by atoms with van der Waals surface area (Å²) in [5.41, 5.74) is 0.341. The molecular weight excluding hydrogens is 273 g/mol. The third kappa shape index (κ3) is 5.69. The van der Waals surface area contributed by atoms with Gasteiger partial charge in [0.05, 0.1) is 12.2 Å². The number of unbranched alkanes of at least 4 members (excludes halogenated alkanes) is 4. The van der Waals surface area contributed by atoms with Gasteiger partial charge >= 0.3 is 5.97 Å². The number of pyridine rings is 1. The molecule has 0 aliphatic carbocycles. The maximum Gasteiger partial charge on any atom is 0.338 e. The van der Waals surface area contributed by atoms with E-state index in [0.29, 0.717) is 12.2 Å². The summed E-state index contributed by atoms with van der Waals surface area (Å²) in [6.07, 6.45) is 5.58. The number of hydrogen-bond acceptors (Lipinski definition) is 3. The summed E-state index contributed by atoms with van der Waals surface area (Å²) in [5, 5.41) is 0.384. The number of esters is 1. The van der Waals surface area contributed by atoms with Crippen LogP contribution in [0.2, 0.25) is 10.3 Å². The first-order chi connectivity index (χ1) is 8.63. The molecule has 0 aliphatic heterocycles. The van der Waals surface area contributed by atoms with Gasteiger partial charge in [0.25, 0.3) is 0 Å². The van der Waals surface area contributed by atoms with Crippen LogP contribution in [-0.2, 0) is 4.74 Å². The van der Waals surface area contributed by atoms with Crippen molar-refractivity contribution in [3.8, 4) is 0 Å². The van der Waals surface area contributed by atoms with Crippen molar-refractivity contribution < 1.29 is 9.53 Å². The summed E-state index contributed by atoms with van der Waals surface area (Å²) in [7, 11) is 0. The van der Waals surface area contributed by atoms with Crippen LogP contribution < -0.4 is 0 Å². The zero-order chi connectivity index (χ0) is 13.4. The highest BCUT2D eigenvalue weighted by molar-refractivity contribution is 6.32. The molecule has 0 saturated heterocycles. The average molecular weight is 290 g/mol. The number of carbonyl (C=O) groups excluding carboxylic acids is 1. The van der Waals surface area contributed by atoms with E-state index in [4.69, 9.17) is 27.9 Å². The SMILES string of the molecule is CCCCCCCOC(=O)c1cc(Cl)nc(Cl)c1. The molecule has 0 amide bonds. The Morgan fingerprint density at radius 2 is 1.78 bits per heavy atom. The minimum absolute atomic E-state index is 0.192. The largest absolute Gasteiger partial charge is 0.462 e. The van der Waals surface area contributed by atoms with Crippen LogP contribution in [0, 0.1) is 0 Å². The average Bonchev–Trinajstić information content (AvgIpc) is 2.32. The zero-order valence-corrected chi connectivity index (χ0v) is 11.9. The minimum Gasteiger partial charge on any atom is -0.462 e. The summed E-state index contributed by atoms with van der Waals surface area (Å²) in [6.45, 7) is 2.59. The van der Waals surface area contributed by atoms with Gasteiger partial charge in [-0.25, -0.2) is 9.78 Å². The molecule has 1 heterocycles. The number of ether oxygens (including phenoxy) is 1. The molecule has 0 spiro atoms. The summed E-state index contributed by atoms with van der Waals surface area (Å²) >= 11 is 11.4. The van der Waals surface area contributed by atoms with Crippen LogP contribution in [0.4, 0.5) is 0 Å². The molecule has 100 valence electrons. The fourth-order valence-electron chi connectivity index (χ4n) is 1.54. The molecule has 0 aromatic carbocycles. The van der Waals surface area contributed by atoms with Crippen LogP contribution >= 0.6 is 23.2 Å². The Labute approximate surface area is 117 Å². The Hall–Kier alpha value is -0.800. The van der Waals surface area contributed by atoms with E-state index in [9.17, 15) is 4.79 Å². The Morgan fingerprint density at radius 3 is 2.39 bits per heavy atom. The second-order valence-electron chi connectivity index (χ2n) is 4.05. The number of aromatic nitrogens is 1. The van der Waals surface area contributed by atoms with Crippen molar-refractivity contribution >= 4 is 29.2 Å². The molecule has 5 heteroatoms. The van der Waals surface area contributed by atoms with Crippen LogP contribution in [0.1, 0.15) is 49.4 Å². The topological polar surface area (TPSA) is 39.2 Å². The smallest absolute Gasteiger partial charge is 0.338 e. The number of halogens is 2. The van der Waals surface area contributed by atoms with E-state index in [1.165, 1.54) is 31.4 Å². The van der Waals surface area contributed by atoms with Crippen molar-refractivity contribution in [3.05, 3.63) is 28.0 Å². The molecule has 1 aromatic rings. The fourth-order valence-corrected chi connectivity index (χ4v) is 2.00. The molecule has 0 radical (unpaired) electrons. The van der Waals surface area contributed by atoms with Gasteiger partial charge in [-0.3, -0.25) is 0 Å². The first-order valence-corrected chi connectivity index (χ1v) is 6.89. The summed E-state index contributed by atoms with van der Waals surface area (Å²) in [6, 6.07) is 2.90. The molecule has 0 N–H and O–H groups in total. The standard InChI is InChI=1S/C13H17Cl2NO2/c1-2-3-4-5-6-7-18-13(17)10-8-11(14)16-12(15)9-10/h8-9H,2-7H2,1H3. The third-order valence-electron chi connectivity index (χ3n) is 2.48. The van der Waals surface area contributed by atoms with E-state index < -0.39 is 5.97 Å². The first-order valence-electron chi connectivity index (χ1n) is 6.13. The molecule has 0 aliphatic rings. The van der Waals surface area contributed by atoms with Crippen molar-refractivity contribution in [1.82, 2.24) is 4.98 Å². The monoisotopic (exact) mass is 289 g/mol. The van der Waals surface area contributed by atoms with Crippen molar-refractivity contribution in [2.75, 3.05) is 6.61 Å². The second kappa shape index (κ2) is 8.33. The van der Waals surface area contributed by atoms with E-state index in [-0.39, 0.29) is 10.3 Å². The second-order valence-corrected chi connectivity index (χ2v) is 4.83. The van der Waals surface area contributed by atoms with Crippen LogP contribution in [0.25, 0.3) is 0 Å². The number of carbonyl (C=O) groups is 1. The number of hydrogen-bond donors (Lipinski definition) is 0. The van der Waals surface area contributed by atoms with Crippen molar-refractivity contribution in [2.45, 2.75) is 39.0 Å². The van der Waals surface area contributed by atoms with E-state index >= 15 is 0 Å². The van der Waals surface area contributed by atoms with Crippen LogP contribution in [0.3, 0.4) is 0 Å². The lowest BCUT2D eigenvalue weighted by atomic mass is 10.2. The van der Waals surface area contributed by atoms with Gasteiger partial charge in [0.1, 0.15) is 10.3 Å². The summed E-state index contributed by atoms with van der Waals surface area (Å²) < 4.78 is 5.13. The van der Waals surface area contributed by atoms with Gasteiger partial charge in [-0.1, -0.05) is 55.8 Å². The van der Waals surface area contributed by atoms with Crippen LogP contribution in [0.15, 0.2) is 12.1 Å². The number of nitrogens with zero attached hydrogens (tertiary/aromatic N) is 1. The van der Waals surface area contributed by atoms with E-state index in [2.05, 4.69) is 11.9 Å². The highest BCUT2D eigenvalue weighted by atomic mass is 35.5. The quantitative estimate of drug-likeness (QED) is 0.421. The highest BCUT2D eigenvalue weighted by Gasteiger charge is 2.09. The summed E-state index contributed by atoms with van der Waals surface area (Å²) in [5.74, 6) is -0.406. The zero-order valence-electron chi connectivity index (χ0n) is 10.4. The Morgan fingerprint density at radius 1 is 1.17 bits per heavy atom.